The molecule has 2 aromatic carbocycles. The molecule has 0 bridgehead atoms. The van der Waals surface area contributed by atoms with Gasteiger partial charge in [-0.05, 0) is 30.3 Å². The summed E-state index contributed by atoms with van der Waals surface area (Å²) in [6.07, 6.45) is 1.58. The van der Waals surface area contributed by atoms with E-state index in [0.29, 0.717) is 16.9 Å². The Kier molecular flexibility index (Phi) is 5.49. The fourth-order valence-electron chi connectivity index (χ4n) is 2.47. The van der Waals surface area contributed by atoms with Crippen LogP contribution in [0.1, 0.15) is 20.7 Å². The fraction of sp³-hybridized carbons (Fsp3) is 0.143. The topological polar surface area (TPSA) is 61.8 Å². The van der Waals surface area contributed by atoms with Crippen molar-refractivity contribution in [2.24, 2.45) is 0 Å². The quantitative estimate of drug-likeness (QED) is 0.772. The zero-order valence-electron chi connectivity index (χ0n) is 14.0. The SMILES string of the molecule is C=CC1=C[C@H](OC(=O)c2ccccc2)[C@H](OC(=O)c2ccccc2)CO1. The second-order valence-electron chi connectivity index (χ2n) is 5.63. The Morgan fingerprint density at radius 1 is 0.923 bits per heavy atom. The molecule has 2 atom stereocenters. The van der Waals surface area contributed by atoms with Crippen molar-refractivity contribution in [3.05, 3.63) is 96.3 Å². The van der Waals surface area contributed by atoms with Crippen molar-refractivity contribution in [1.29, 1.82) is 0 Å². The number of hydrogen-bond acceptors (Lipinski definition) is 5. The van der Waals surface area contributed by atoms with Crippen molar-refractivity contribution in [2.75, 3.05) is 6.61 Å². The van der Waals surface area contributed by atoms with Gasteiger partial charge < -0.3 is 14.2 Å². The van der Waals surface area contributed by atoms with Crippen molar-refractivity contribution in [2.45, 2.75) is 12.2 Å². The summed E-state index contributed by atoms with van der Waals surface area (Å²) in [5.41, 5.74) is 0.833. The third-order valence-corrected chi connectivity index (χ3v) is 3.83. The molecule has 0 saturated heterocycles. The first-order valence-corrected chi connectivity index (χ1v) is 8.16. The fourth-order valence-corrected chi connectivity index (χ4v) is 2.47. The monoisotopic (exact) mass is 350 g/mol. The Morgan fingerprint density at radius 3 is 2.00 bits per heavy atom. The molecule has 5 heteroatoms. The number of carbonyl (C=O) groups is 2. The average molecular weight is 350 g/mol. The van der Waals surface area contributed by atoms with Crippen LogP contribution in [0.2, 0.25) is 0 Å². The molecule has 0 radical (unpaired) electrons. The Hall–Kier alpha value is -3.34. The summed E-state index contributed by atoms with van der Waals surface area (Å²) in [5, 5.41) is 0. The predicted molar refractivity (Wildman–Crippen MR) is 95.5 cm³/mol. The van der Waals surface area contributed by atoms with E-state index in [0.717, 1.165) is 0 Å². The Morgan fingerprint density at radius 2 is 1.46 bits per heavy atom. The number of benzene rings is 2. The highest BCUT2D eigenvalue weighted by Crippen LogP contribution is 2.20. The molecule has 0 amide bonds. The predicted octanol–water partition coefficient (Wildman–Crippen LogP) is 3.54. The minimum atomic E-state index is -0.767. The van der Waals surface area contributed by atoms with Crippen LogP contribution in [0.25, 0.3) is 0 Å². The van der Waals surface area contributed by atoms with Gasteiger partial charge in [-0.25, -0.2) is 9.59 Å². The van der Waals surface area contributed by atoms with E-state index in [1.165, 1.54) is 6.08 Å². The highest BCUT2D eigenvalue weighted by Gasteiger charge is 2.32. The maximum atomic E-state index is 12.4. The van der Waals surface area contributed by atoms with Crippen LogP contribution < -0.4 is 0 Å². The van der Waals surface area contributed by atoms with Crippen molar-refractivity contribution < 1.29 is 23.8 Å². The van der Waals surface area contributed by atoms with Gasteiger partial charge in [-0.1, -0.05) is 43.0 Å². The summed E-state index contributed by atoms with van der Waals surface area (Å²) in [5.74, 6) is -0.531. The van der Waals surface area contributed by atoms with Crippen molar-refractivity contribution in [3.8, 4) is 0 Å². The normalized spacial score (nSPS) is 18.8. The van der Waals surface area contributed by atoms with Crippen LogP contribution >= 0.6 is 0 Å². The van der Waals surface area contributed by atoms with Crippen molar-refractivity contribution >= 4 is 11.9 Å². The number of carbonyl (C=O) groups excluding carboxylic acids is 2. The van der Waals surface area contributed by atoms with Crippen LogP contribution in [-0.2, 0) is 14.2 Å². The number of allylic oxidation sites excluding steroid dienone is 1. The van der Waals surface area contributed by atoms with Gasteiger partial charge in [0.2, 0.25) is 0 Å². The van der Waals surface area contributed by atoms with Gasteiger partial charge in [-0.2, -0.15) is 0 Å². The second kappa shape index (κ2) is 8.16. The number of hydrogen-bond donors (Lipinski definition) is 0. The average Bonchev–Trinajstić information content (AvgIpc) is 2.70. The van der Waals surface area contributed by atoms with E-state index in [-0.39, 0.29) is 6.61 Å². The van der Waals surface area contributed by atoms with Gasteiger partial charge in [0.15, 0.2) is 12.2 Å². The van der Waals surface area contributed by atoms with Gasteiger partial charge in [0.1, 0.15) is 12.4 Å². The standard InChI is InChI=1S/C21H18O5/c1-2-17-13-18(25-20(22)15-9-5-3-6-10-15)19(14-24-17)26-21(23)16-11-7-4-8-12-16/h2-13,18-19H,1,14H2/t18-,19+/m0/s1. The molecule has 1 aliphatic rings. The maximum absolute atomic E-state index is 12.4. The lowest BCUT2D eigenvalue weighted by atomic mass is 10.1. The number of rotatable bonds is 5. The van der Waals surface area contributed by atoms with Crippen LogP contribution in [0.15, 0.2) is 85.2 Å². The Labute approximate surface area is 151 Å². The zero-order valence-corrected chi connectivity index (χ0v) is 14.0. The van der Waals surface area contributed by atoms with E-state index in [4.69, 9.17) is 14.2 Å². The molecule has 0 aromatic heterocycles. The van der Waals surface area contributed by atoms with Crippen molar-refractivity contribution in [1.82, 2.24) is 0 Å². The molecule has 132 valence electrons. The van der Waals surface area contributed by atoms with Crippen LogP contribution in [0.5, 0.6) is 0 Å². The lowest BCUT2D eigenvalue weighted by Crippen LogP contribution is -2.40. The van der Waals surface area contributed by atoms with Gasteiger partial charge in [-0.3, -0.25) is 0 Å². The highest BCUT2D eigenvalue weighted by atomic mass is 16.6. The molecule has 0 aliphatic carbocycles. The number of ether oxygens (including phenoxy) is 3. The first-order chi connectivity index (χ1) is 12.7. The minimum Gasteiger partial charge on any atom is -0.490 e. The summed E-state index contributed by atoms with van der Waals surface area (Å²) >= 11 is 0. The molecule has 1 aliphatic heterocycles. The van der Waals surface area contributed by atoms with Crippen LogP contribution in [0, 0.1) is 0 Å². The smallest absolute Gasteiger partial charge is 0.338 e. The summed E-state index contributed by atoms with van der Waals surface area (Å²) in [4.78, 5) is 24.7. The van der Waals surface area contributed by atoms with Crippen LogP contribution in [-0.4, -0.2) is 30.8 Å². The highest BCUT2D eigenvalue weighted by molar-refractivity contribution is 5.90. The van der Waals surface area contributed by atoms with E-state index >= 15 is 0 Å². The van der Waals surface area contributed by atoms with E-state index in [2.05, 4.69) is 6.58 Å². The molecule has 2 aromatic rings. The first-order valence-electron chi connectivity index (χ1n) is 8.16. The van der Waals surface area contributed by atoms with Gasteiger partial charge in [-0.15, -0.1) is 0 Å². The third-order valence-electron chi connectivity index (χ3n) is 3.83. The molecule has 26 heavy (non-hydrogen) atoms. The Balaban J connectivity index is 1.75. The largest absolute Gasteiger partial charge is 0.490 e. The summed E-state index contributed by atoms with van der Waals surface area (Å²) in [6, 6.07) is 17.2. The molecular formula is C21H18O5. The lowest BCUT2D eigenvalue weighted by molar-refractivity contribution is -0.0525. The molecule has 0 N–H and O–H groups in total. The van der Waals surface area contributed by atoms with E-state index in [1.54, 1.807) is 54.6 Å². The molecule has 1 heterocycles. The van der Waals surface area contributed by atoms with Crippen molar-refractivity contribution in [3.63, 3.8) is 0 Å². The summed E-state index contributed by atoms with van der Waals surface area (Å²) < 4.78 is 16.5. The molecule has 0 saturated carbocycles. The lowest BCUT2D eigenvalue weighted by Gasteiger charge is -2.29. The summed E-state index contributed by atoms with van der Waals surface area (Å²) in [7, 11) is 0. The van der Waals surface area contributed by atoms with Crippen LogP contribution in [0.4, 0.5) is 0 Å². The van der Waals surface area contributed by atoms with Gasteiger partial charge in [0.25, 0.3) is 0 Å². The van der Waals surface area contributed by atoms with Gasteiger partial charge >= 0.3 is 11.9 Å². The molecule has 0 spiro atoms. The molecule has 3 rings (SSSR count). The second-order valence-corrected chi connectivity index (χ2v) is 5.63. The maximum Gasteiger partial charge on any atom is 0.338 e. The van der Waals surface area contributed by atoms with E-state index in [1.807, 2.05) is 12.1 Å². The Bertz CT molecular complexity index is 811. The first kappa shape index (κ1) is 17.5. The number of esters is 2. The molecule has 0 fully saturated rings. The molecular weight excluding hydrogens is 332 g/mol. The minimum absolute atomic E-state index is 0.0726. The molecule has 5 nitrogen and oxygen atoms in total. The van der Waals surface area contributed by atoms with E-state index < -0.39 is 24.1 Å². The zero-order chi connectivity index (χ0) is 18.4. The van der Waals surface area contributed by atoms with Gasteiger partial charge in [0.05, 0.1) is 11.1 Å². The van der Waals surface area contributed by atoms with E-state index in [9.17, 15) is 9.59 Å². The van der Waals surface area contributed by atoms with Crippen LogP contribution in [0.3, 0.4) is 0 Å². The summed E-state index contributed by atoms with van der Waals surface area (Å²) in [6.45, 7) is 3.72. The van der Waals surface area contributed by atoms with Gasteiger partial charge in [0, 0.05) is 6.08 Å². The molecule has 0 unspecified atom stereocenters. The third kappa shape index (κ3) is 4.19.